The number of hydrogen-bond donors (Lipinski definition) is 0. The second kappa shape index (κ2) is 5.86. The number of rotatable bonds is 3. The van der Waals surface area contributed by atoms with Gasteiger partial charge < -0.3 is 4.90 Å². The fourth-order valence-corrected chi connectivity index (χ4v) is 4.22. The van der Waals surface area contributed by atoms with Crippen LogP contribution in [0.2, 0.25) is 5.02 Å². The highest BCUT2D eigenvalue weighted by atomic mass is 35.5. The van der Waals surface area contributed by atoms with Crippen molar-refractivity contribution in [2.75, 3.05) is 26.2 Å². The van der Waals surface area contributed by atoms with Crippen molar-refractivity contribution in [3.8, 4) is 0 Å². The molecule has 118 valence electrons. The lowest BCUT2D eigenvalue weighted by Gasteiger charge is -2.36. The van der Waals surface area contributed by atoms with Crippen molar-refractivity contribution in [3.63, 3.8) is 0 Å². The smallest absolute Gasteiger partial charge is 0.255 e. The Hall–Kier alpha value is -1.06. The van der Waals surface area contributed by atoms with Crippen LogP contribution in [-0.2, 0) is 0 Å². The molecule has 4 heteroatoms. The Morgan fingerprint density at radius 1 is 1.09 bits per heavy atom. The molecular formula is C18H23ClN2O. The summed E-state index contributed by atoms with van der Waals surface area (Å²) >= 11 is 6.22. The molecule has 2 atom stereocenters. The summed E-state index contributed by atoms with van der Waals surface area (Å²) in [5.41, 5.74) is 0.652. The lowest BCUT2D eigenvalue weighted by atomic mass is 9.95. The van der Waals surface area contributed by atoms with Crippen molar-refractivity contribution >= 4 is 17.5 Å². The van der Waals surface area contributed by atoms with Crippen LogP contribution >= 0.6 is 11.6 Å². The highest BCUT2D eigenvalue weighted by Crippen LogP contribution is 2.35. The molecule has 4 aliphatic rings. The van der Waals surface area contributed by atoms with E-state index in [1.54, 1.807) is 6.07 Å². The molecule has 1 aliphatic carbocycles. The summed E-state index contributed by atoms with van der Waals surface area (Å²) in [6.45, 7) is 4.18. The standard InChI is InChI=1S/C18H23ClN2O/c19-17-4-2-1-3-16(17)18(22)21-11-14-7-8-15(12-21)20(10-14)9-13-5-6-13/h1-4,13-15H,5-12H2/t14-,15-/m1/s1. The molecule has 22 heavy (non-hydrogen) atoms. The number of piperidine rings is 1. The van der Waals surface area contributed by atoms with Gasteiger partial charge in [0.2, 0.25) is 0 Å². The molecule has 1 aromatic carbocycles. The third-order valence-corrected chi connectivity index (χ3v) is 5.74. The molecule has 3 nitrogen and oxygen atoms in total. The summed E-state index contributed by atoms with van der Waals surface area (Å²) in [4.78, 5) is 17.6. The fourth-order valence-electron chi connectivity index (χ4n) is 4.01. The molecule has 0 unspecified atom stereocenters. The maximum absolute atomic E-state index is 12.9. The van der Waals surface area contributed by atoms with Gasteiger partial charge in [0.1, 0.15) is 0 Å². The summed E-state index contributed by atoms with van der Waals surface area (Å²) in [6, 6.07) is 7.97. The molecule has 0 aromatic heterocycles. The molecule has 4 fully saturated rings. The summed E-state index contributed by atoms with van der Waals surface area (Å²) in [5.74, 6) is 1.66. The van der Waals surface area contributed by atoms with E-state index in [1.165, 1.54) is 38.8 Å². The largest absolute Gasteiger partial charge is 0.337 e. The van der Waals surface area contributed by atoms with Gasteiger partial charge in [0.25, 0.3) is 5.91 Å². The molecule has 1 aromatic rings. The van der Waals surface area contributed by atoms with Crippen LogP contribution in [0.15, 0.2) is 24.3 Å². The third kappa shape index (κ3) is 2.89. The zero-order valence-electron chi connectivity index (χ0n) is 12.9. The van der Waals surface area contributed by atoms with Crippen LogP contribution in [0.5, 0.6) is 0 Å². The number of halogens is 1. The quantitative estimate of drug-likeness (QED) is 0.854. The first-order valence-electron chi connectivity index (χ1n) is 8.48. The monoisotopic (exact) mass is 318 g/mol. The van der Waals surface area contributed by atoms with Gasteiger partial charge in [0.15, 0.2) is 0 Å². The minimum absolute atomic E-state index is 0.107. The van der Waals surface area contributed by atoms with Crippen molar-refractivity contribution in [1.29, 1.82) is 0 Å². The number of nitrogens with zero attached hydrogens (tertiary/aromatic N) is 2. The maximum Gasteiger partial charge on any atom is 0.255 e. The number of benzene rings is 1. The highest BCUT2D eigenvalue weighted by Gasteiger charge is 2.38. The number of hydrogen-bond acceptors (Lipinski definition) is 2. The van der Waals surface area contributed by atoms with E-state index in [2.05, 4.69) is 9.80 Å². The minimum atomic E-state index is 0.107. The first kappa shape index (κ1) is 14.5. The van der Waals surface area contributed by atoms with Crippen LogP contribution in [0.4, 0.5) is 0 Å². The molecular weight excluding hydrogens is 296 g/mol. The normalized spacial score (nSPS) is 28.7. The van der Waals surface area contributed by atoms with Gasteiger partial charge in [-0.25, -0.2) is 0 Å². The van der Waals surface area contributed by atoms with Crippen molar-refractivity contribution in [2.24, 2.45) is 11.8 Å². The topological polar surface area (TPSA) is 23.6 Å². The van der Waals surface area contributed by atoms with Crippen molar-refractivity contribution in [1.82, 2.24) is 9.80 Å². The third-order valence-electron chi connectivity index (χ3n) is 5.41. The van der Waals surface area contributed by atoms with E-state index in [1.807, 2.05) is 18.2 Å². The van der Waals surface area contributed by atoms with Gasteiger partial charge in [-0.15, -0.1) is 0 Å². The summed E-state index contributed by atoms with van der Waals surface area (Å²) < 4.78 is 0. The number of amides is 1. The molecule has 0 spiro atoms. The predicted octanol–water partition coefficient (Wildman–Crippen LogP) is 3.29. The second-order valence-corrected chi connectivity index (χ2v) is 7.59. The Morgan fingerprint density at radius 2 is 1.91 bits per heavy atom. The molecule has 1 saturated carbocycles. The molecule has 3 saturated heterocycles. The van der Waals surface area contributed by atoms with Gasteiger partial charge in [-0.3, -0.25) is 9.69 Å². The Labute approximate surface area is 137 Å². The maximum atomic E-state index is 12.9. The summed E-state index contributed by atoms with van der Waals surface area (Å²) in [7, 11) is 0. The molecule has 5 rings (SSSR count). The molecule has 2 bridgehead atoms. The molecule has 1 amide bonds. The lowest BCUT2D eigenvalue weighted by Crippen LogP contribution is -2.45. The van der Waals surface area contributed by atoms with Gasteiger partial charge in [-0.05, 0) is 49.7 Å². The predicted molar refractivity (Wildman–Crippen MR) is 88.2 cm³/mol. The average Bonchev–Trinajstić information content (AvgIpc) is 3.34. The zero-order chi connectivity index (χ0) is 15.1. The Balaban J connectivity index is 1.51. The van der Waals surface area contributed by atoms with E-state index in [0.717, 1.165) is 19.0 Å². The van der Waals surface area contributed by atoms with Crippen LogP contribution in [0.25, 0.3) is 0 Å². The number of carbonyl (C=O) groups excluding carboxylic acids is 1. The van der Waals surface area contributed by atoms with Crippen LogP contribution in [0, 0.1) is 11.8 Å². The first-order chi connectivity index (χ1) is 10.7. The molecule has 3 heterocycles. The van der Waals surface area contributed by atoms with Gasteiger partial charge >= 0.3 is 0 Å². The van der Waals surface area contributed by atoms with E-state index < -0.39 is 0 Å². The van der Waals surface area contributed by atoms with Crippen LogP contribution < -0.4 is 0 Å². The lowest BCUT2D eigenvalue weighted by molar-refractivity contribution is 0.0737. The Bertz CT molecular complexity index is 572. The van der Waals surface area contributed by atoms with E-state index >= 15 is 0 Å². The van der Waals surface area contributed by atoms with Crippen LogP contribution in [0.1, 0.15) is 36.0 Å². The van der Waals surface area contributed by atoms with Crippen LogP contribution in [0.3, 0.4) is 0 Å². The van der Waals surface area contributed by atoms with E-state index in [-0.39, 0.29) is 5.91 Å². The van der Waals surface area contributed by atoms with Gasteiger partial charge in [0, 0.05) is 32.2 Å². The van der Waals surface area contributed by atoms with E-state index in [0.29, 0.717) is 22.5 Å². The van der Waals surface area contributed by atoms with E-state index in [4.69, 9.17) is 11.6 Å². The number of carbonyl (C=O) groups is 1. The zero-order valence-corrected chi connectivity index (χ0v) is 13.6. The summed E-state index contributed by atoms with van der Waals surface area (Å²) in [5, 5.41) is 0.568. The molecule has 3 aliphatic heterocycles. The molecule has 0 radical (unpaired) electrons. The van der Waals surface area contributed by atoms with Gasteiger partial charge in [-0.2, -0.15) is 0 Å². The minimum Gasteiger partial charge on any atom is -0.337 e. The van der Waals surface area contributed by atoms with Crippen LogP contribution in [-0.4, -0.2) is 47.9 Å². The highest BCUT2D eigenvalue weighted by molar-refractivity contribution is 6.33. The Morgan fingerprint density at radius 3 is 2.68 bits per heavy atom. The SMILES string of the molecule is O=C(c1ccccc1Cl)N1C[C@@H]2CC[C@H](C1)N(CC1CC1)C2. The molecule has 0 N–H and O–H groups in total. The van der Waals surface area contributed by atoms with Crippen molar-refractivity contribution in [3.05, 3.63) is 34.9 Å². The van der Waals surface area contributed by atoms with Gasteiger partial charge in [0.05, 0.1) is 10.6 Å². The first-order valence-corrected chi connectivity index (χ1v) is 8.86. The average molecular weight is 319 g/mol. The van der Waals surface area contributed by atoms with Gasteiger partial charge in [-0.1, -0.05) is 23.7 Å². The fraction of sp³-hybridized carbons (Fsp3) is 0.611. The Kier molecular flexibility index (Phi) is 3.87. The van der Waals surface area contributed by atoms with Crippen molar-refractivity contribution < 1.29 is 4.79 Å². The number of fused-ring (bicyclic) bond motifs is 4. The summed E-state index contributed by atoms with van der Waals surface area (Å²) in [6.07, 6.45) is 5.30. The van der Waals surface area contributed by atoms with Crippen molar-refractivity contribution in [2.45, 2.75) is 31.7 Å². The van der Waals surface area contributed by atoms with E-state index in [9.17, 15) is 4.79 Å². The second-order valence-electron chi connectivity index (χ2n) is 7.18.